The molecule has 7 nitrogen and oxygen atoms in total. The minimum absolute atomic E-state index is 0.173. The number of fused-ring (bicyclic) bond motifs is 1. The molecule has 0 saturated heterocycles. The molecule has 1 aliphatic rings. The highest BCUT2D eigenvalue weighted by atomic mass is 16.7. The van der Waals surface area contributed by atoms with Gasteiger partial charge in [0.05, 0.1) is 14.2 Å². The summed E-state index contributed by atoms with van der Waals surface area (Å²) in [5.74, 6) is 2.35. The Morgan fingerprint density at radius 1 is 1.00 bits per heavy atom. The van der Waals surface area contributed by atoms with Crippen molar-refractivity contribution < 1.29 is 23.7 Å². The zero-order chi connectivity index (χ0) is 17.8. The van der Waals surface area contributed by atoms with E-state index in [2.05, 4.69) is 10.6 Å². The summed E-state index contributed by atoms with van der Waals surface area (Å²) in [7, 11) is 3.14. The lowest BCUT2D eigenvalue weighted by Crippen LogP contribution is -2.31. The van der Waals surface area contributed by atoms with Crippen LogP contribution in [0.2, 0.25) is 0 Å². The standard InChI is InChI=1S/C18H20N2O5/c1-11(19-12-4-6-14(22-2)16(8-12)23-3)18(21)20-13-5-7-15-17(9-13)25-10-24-15/h4-9,11,19H,10H2,1-3H3,(H,20,21)/t11-/m1/s1. The number of rotatable bonds is 6. The van der Waals surface area contributed by atoms with E-state index < -0.39 is 6.04 Å². The van der Waals surface area contributed by atoms with Crippen molar-refractivity contribution >= 4 is 17.3 Å². The molecular formula is C18H20N2O5. The van der Waals surface area contributed by atoms with E-state index in [1.54, 1.807) is 51.5 Å². The number of ether oxygens (including phenoxy) is 4. The van der Waals surface area contributed by atoms with Crippen LogP contribution in [0.5, 0.6) is 23.0 Å². The van der Waals surface area contributed by atoms with E-state index in [-0.39, 0.29) is 12.7 Å². The van der Waals surface area contributed by atoms with Crippen molar-refractivity contribution in [1.29, 1.82) is 0 Å². The van der Waals surface area contributed by atoms with E-state index in [0.717, 1.165) is 5.69 Å². The molecule has 1 heterocycles. The van der Waals surface area contributed by atoms with Gasteiger partial charge in [-0.3, -0.25) is 4.79 Å². The fraction of sp³-hybridized carbons (Fsp3) is 0.278. The molecule has 0 unspecified atom stereocenters. The van der Waals surface area contributed by atoms with Crippen molar-refractivity contribution in [1.82, 2.24) is 0 Å². The molecule has 2 aromatic carbocycles. The van der Waals surface area contributed by atoms with Crippen LogP contribution in [0.4, 0.5) is 11.4 Å². The highest BCUT2D eigenvalue weighted by molar-refractivity contribution is 5.96. The topological polar surface area (TPSA) is 78.1 Å². The molecule has 0 aliphatic carbocycles. The van der Waals surface area contributed by atoms with E-state index in [0.29, 0.717) is 28.7 Å². The molecule has 2 N–H and O–H groups in total. The second kappa shape index (κ2) is 7.21. The summed E-state index contributed by atoms with van der Waals surface area (Å²) in [5.41, 5.74) is 1.40. The fourth-order valence-electron chi connectivity index (χ4n) is 2.47. The third kappa shape index (κ3) is 3.71. The Morgan fingerprint density at radius 3 is 2.48 bits per heavy atom. The summed E-state index contributed by atoms with van der Waals surface area (Å²) in [6.07, 6.45) is 0. The average molecular weight is 344 g/mol. The SMILES string of the molecule is COc1ccc(N[C@H](C)C(=O)Nc2ccc3c(c2)OCO3)cc1OC. The monoisotopic (exact) mass is 344 g/mol. The Morgan fingerprint density at radius 2 is 1.72 bits per heavy atom. The number of nitrogens with one attached hydrogen (secondary N) is 2. The lowest BCUT2D eigenvalue weighted by molar-refractivity contribution is -0.116. The first-order valence-corrected chi connectivity index (χ1v) is 7.80. The number of carbonyl (C=O) groups excluding carboxylic acids is 1. The Bertz CT molecular complexity index is 778. The number of methoxy groups -OCH3 is 2. The van der Waals surface area contributed by atoms with Crippen LogP contribution in [0, 0.1) is 0 Å². The molecule has 0 spiro atoms. The van der Waals surface area contributed by atoms with Crippen molar-refractivity contribution in [3.63, 3.8) is 0 Å². The molecule has 1 aliphatic heterocycles. The lowest BCUT2D eigenvalue weighted by atomic mass is 10.2. The third-order valence-corrected chi connectivity index (χ3v) is 3.80. The van der Waals surface area contributed by atoms with Crippen LogP contribution in [0.15, 0.2) is 36.4 Å². The second-order valence-electron chi connectivity index (χ2n) is 5.49. The Labute approximate surface area is 145 Å². The van der Waals surface area contributed by atoms with Crippen LogP contribution in [0.25, 0.3) is 0 Å². The summed E-state index contributed by atoms with van der Waals surface area (Å²) in [4.78, 5) is 12.4. The molecular weight excluding hydrogens is 324 g/mol. The van der Waals surface area contributed by atoms with Crippen molar-refractivity contribution in [3.05, 3.63) is 36.4 Å². The van der Waals surface area contributed by atoms with Crippen LogP contribution in [0.1, 0.15) is 6.92 Å². The first-order chi connectivity index (χ1) is 12.1. The lowest BCUT2D eigenvalue weighted by Gasteiger charge is -2.17. The largest absolute Gasteiger partial charge is 0.493 e. The number of hydrogen-bond acceptors (Lipinski definition) is 6. The first kappa shape index (κ1) is 16.8. The predicted octanol–water partition coefficient (Wildman–Crippen LogP) is 2.87. The third-order valence-electron chi connectivity index (χ3n) is 3.80. The smallest absolute Gasteiger partial charge is 0.246 e. The number of carbonyl (C=O) groups is 1. The molecule has 0 fully saturated rings. The fourth-order valence-corrected chi connectivity index (χ4v) is 2.47. The summed E-state index contributed by atoms with van der Waals surface area (Å²) in [6.45, 7) is 1.98. The van der Waals surface area contributed by atoms with E-state index in [4.69, 9.17) is 18.9 Å². The highest BCUT2D eigenvalue weighted by Crippen LogP contribution is 2.34. The van der Waals surface area contributed by atoms with Crippen molar-refractivity contribution in [2.75, 3.05) is 31.6 Å². The van der Waals surface area contributed by atoms with Crippen molar-refractivity contribution in [2.45, 2.75) is 13.0 Å². The van der Waals surface area contributed by atoms with Crippen LogP contribution in [0.3, 0.4) is 0 Å². The molecule has 0 bridgehead atoms. The quantitative estimate of drug-likeness (QED) is 0.839. The van der Waals surface area contributed by atoms with E-state index in [1.165, 1.54) is 0 Å². The minimum atomic E-state index is -0.455. The van der Waals surface area contributed by atoms with Crippen molar-refractivity contribution in [3.8, 4) is 23.0 Å². The molecule has 7 heteroatoms. The molecule has 1 amide bonds. The molecule has 0 radical (unpaired) electrons. The van der Waals surface area contributed by atoms with Crippen molar-refractivity contribution in [2.24, 2.45) is 0 Å². The zero-order valence-corrected chi connectivity index (χ0v) is 14.3. The Balaban J connectivity index is 1.64. The minimum Gasteiger partial charge on any atom is -0.493 e. The summed E-state index contributed by atoms with van der Waals surface area (Å²) in [5, 5.41) is 5.99. The number of anilines is 2. The van der Waals surface area contributed by atoms with Gasteiger partial charge in [-0.15, -0.1) is 0 Å². The Kier molecular flexibility index (Phi) is 4.83. The van der Waals surface area contributed by atoms with Gasteiger partial charge in [-0.25, -0.2) is 0 Å². The van der Waals surface area contributed by atoms with Gasteiger partial charge in [0.25, 0.3) is 0 Å². The Hall–Kier alpha value is -3.09. The van der Waals surface area contributed by atoms with Crippen LogP contribution >= 0.6 is 0 Å². The molecule has 25 heavy (non-hydrogen) atoms. The maximum atomic E-state index is 12.4. The average Bonchev–Trinajstić information content (AvgIpc) is 3.09. The molecule has 3 rings (SSSR count). The molecule has 1 atom stereocenters. The van der Waals surface area contributed by atoms with Crippen LogP contribution in [-0.4, -0.2) is 33.0 Å². The first-order valence-electron chi connectivity index (χ1n) is 7.80. The van der Waals surface area contributed by atoms with Gasteiger partial charge in [0.15, 0.2) is 23.0 Å². The van der Waals surface area contributed by atoms with Gasteiger partial charge in [0.2, 0.25) is 12.7 Å². The summed E-state index contributed by atoms with van der Waals surface area (Å²) >= 11 is 0. The summed E-state index contributed by atoms with van der Waals surface area (Å²) < 4.78 is 21.0. The molecule has 0 saturated carbocycles. The maximum absolute atomic E-state index is 12.4. The number of benzene rings is 2. The number of amides is 1. The normalized spacial score (nSPS) is 13.1. The van der Waals surface area contributed by atoms with Gasteiger partial charge in [-0.05, 0) is 31.2 Å². The predicted molar refractivity (Wildman–Crippen MR) is 93.8 cm³/mol. The van der Waals surface area contributed by atoms with E-state index in [1.807, 2.05) is 6.07 Å². The second-order valence-corrected chi connectivity index (χ2v) is 5.49. The van der Waals surface area contributed by atoms with Crippen LogP contribution < -0.4 is 29.6 Å². The van der Waals surface area contributed by atoms with Gasteiger partial charge >= 0.3 is 0 Å². The molecule has 132 valence electrons. The highest BCUT2D eigenvalue weighted by Gasteiger charge is 2.17. The number of hydrogen-bond donors (Lipinski definition) is 2. The maximum Gasteiger partial charge on any atom is 0.246 e. The van der Waals surface area contributed by atoms with Gasteiger partial charge in [0, 0.05) is 23.5 Å². The molecule has 2 aromatic rings. The van der Waals surface area contributed by atoms with Gasteiger partial charge in [-0.2, -0.15) is 0 Å². The van der Waals surface area contributed by atoms with E-state index in [9.17, 15) is 4.79 Å². The van der Waals surface area contributed by atoms with Crippen LogP contribution in [-0.2, 0) is 4.79 Å². The van der Waals surface area contributed by atoms with Gasteiger partial charge in [-0.1, -0.05) is 0 Å². The zero-order valence-electron chi connectivity index (χ0n) is 14.3. The summed E-state index contributed by atoms with van der Waals surface area (Å²) in [6, 6.07) is 10.2. The van der Waals surface area contributed by atoms with Gasteiger partial charge < -0.3 is 29.6 Å². The van der Waals surface area contributed by atoms with Gasteiger partial charge in [0.1, 0.15) is 6.04 Å². The van der Waals surface area contributed by atoms with E-state index >= 15 is 0 Å². The molecule has 0 aromatic heterocycles.